The van der Waals surface area contributed by atoms with Crippen molar-refractivity contribution in [2.45, 2.75) is 38.1 Å². The third-order valence-electron chi connectivity index (χ3n) is 3.26. The quantitative estimate of drug-likeness (QED) is 0.158. The maximum absolute atomic E-state index is 12.0. The van der Waals surface area contributed by atoms with E-state index < -0.39 is 66.9 Å². The fourth-order valence-electron chi connectivity index (χ4n) is 1.57. The first-order valence-corrected chi connectivity index (χ1v) is 8.54. The Bertz CT molecular complexity index is 572. The van der Waals surface area contributed by atoms with Crippen LogP contribution in [0.3, 0.4) is 0 Å². The molecule has 0 unspecified atom stereocenters. The third-order valence-corrected chi connectivity index (χ3v) is 3.62. The molecule has 0 spiro atoms. The number of carbonyl (C=O) groups excluding carboxylic acids is 4. The zero-order valence-electron chi connectivity index (χ0n) is 14.9. The molecule has 154 valence electrons. The van der Waals surface area contributed by atoms with Crippen LogP contribution in [0.25, 0.3) is 0 Å². The summed E-state index contributed by atoms with van der Waals surface area (Å²) in [6, 6.07) is -3.42. The van der Waals surface area contributed by atoms with E-state index >= 15 is 0 Å². The van der Waals surface area contributed by atoms with Crippen LogP contribution in [0.4, 0.5) is 0 Å². The Balaban J connectivity index is 4.33. The number of carboxylic acid groups (broad SMARTS) is 1. The van der Waals surface area contributed by atoms with E-state index in [1.807, 2.05) is 0 Å². The van der Waals surface area contributed by atoms with Crippen molar-refractivity contribution in [3.8, 4) is 0 Å². The summed E-state index contributed by atoms with van der Waals surface area (Å²) < 4.78 is 0. The molecule has 0 fully saturated rings. The molecule has 0 aromatic rings. The number of nitrogens with one attached hydrogen (secondary N) is 4. The second-order valence-electron chi connectivity index (χ2n) is 5.63. The Labute approximate surface area is 161 Å². The first-order chi connectivity index (χ1) is 12.5. The largest absolute Gasteiger partial charge is 0.480 e. The lowest BCUT2D eigenvalue weighted by atomic mass is 10.1. The minimum atomic E-state index is -1.23. The number of aliphatic carboxylic acids is 1. The molecule has 0 saturated carbocycles. The Hall–Kier alpha value is -2.38. The van der Waals surface area contributed by atoms with E-state index in [1.165, 1.54) is 13.8 Å². The Morgan fingerprint density at radius 3 is 2.00 bits per heavy atom. The maximum Gasteiger partial charge on any atom is 0.325 e. The molecule has 0 aliphatic heterocycles. The van der Waals surface area contributed by atoms with E-state index in [1.54, 1.807) is 0 Å². The van der Waals surface area contributed by atoms with Gasteiger partial charge >= 0.3 is 5.97 Å². The van der Waals surface area contributed by atoms with Crippen molar-refractivity contribution < 1.29 is 34.2 Å². The van der Waals surface area contributed by atoms with Crippen LogP contribution < -0.4 is 27.0 Å². The average molecular weight is 407 g/mol. The van der Waals surface area contributed by atoms with Crippen LogP contribution in [0, 0.1) is 0 Å². The van der Waals surface area contributed by atoms with Crippen molar-refractivity contribution in [2.75, 3.05) is 18.8 Å². The van der Waals surface area contributed by atoms with Crippen molar-refractivity contribution in [1.29, 1.82) is 0 Å². The highest BCUT2D eigenvalue weighted by Crippen LogP contribution is 1.94. The number of hydrogen-bond donors (Lipinski definition) is 8. The number of rotatable bonds is 11. The molecule has 0 rings (SSSR count). The van der Waals surface area contributed by atoms with Crippen molar-refractivity contribution in [3.63, 3.8) is 0 Å². The van der Waals surface area contributed by atoms with Gasteiger partial charge in [0.2, 0.25) is 23.6 Å². The number of aliphatic hydroxyl groups excluding tert-OH is 1. The van der Waals surface area contributed by atoms with Gasteiger partial charge in [0.05, 0.1) is 19.2 Å². The molecule has 0 aliphatic carbocycles. The second-order valence-corrected chi connectivity index (χ2v) is 6.00. The normalized spacial score (nSPS) is 14.9. The smallest absolute Gasteiger partial charge is 0.325 e. The Kier molecular flexibility index (Phi) is 11.0. The van der Waals surface area contributed by atoms with Gasteiger partial charge in [-0.05, 0) is 13.8 Å². The van der Waals surface area contributed by atoms with Crippen LogP contribution in [0.1, 0.15) is 13.8 Å². The van der Waals surface area contributed by atoms with Gasteiger partial charge < -0.3 is 37.2 Å². The van der Waals surface area contributed by atoms with Gasteiger partial charge in [0.15, 0.2) is 0 Å². The average Bonchev–Trinajstić information content (AvgIpc) is 2.60. The predicted molar refractivity (Wildman–Crippen MR) is 96.7 cm³/mol. The number of carbonyl (C=O) groups is 5. The highest BCUT2D eigenvalue weighted by atomic mass is 32.1. The molecular formula is C14H25N5O7S. The highest BCUT2D eigenvalue weighted by molar-refractivity contribution is 7.80. The Morgan fingerprint density at radius 2 is 1.52 bits per heavy atom. The molecule has 0 saturated heterocycles. The van der Waals surface area contributed by atoms with Crippen molar-refractivity contribution >= 4 is 42.2 Å². The van der Waals surface area contributed by atoms with Crippen LogP contribution in [0.15, 0.2) is 0 Å². The monoisotopic (exact) mass is 407 g/mol. The topological polar surface area (TPSA) is 200 Å². The second kappa shape index (κ2) is 12.1. The number of hydrogen-bond acceptors (Lipinski definition) is 8. The molecule has 4 amide bonds. The van der Waals surface area contributed by atoms with Crippen molar-refractivity contribution in [3.05, 3.63) is 0 Å². The van der Waals surface area contributed by atoms with E-state index in [0.717, 1.165) is 0 Å². The fraction of sp³-hybridized carbons (Fsp3) is 0.643. The standard InChI is InChI=1S/C14H25N5O7S/c1-6(14(25)26)18-10(22)4-16-9(21)3-17-12(23)8(5-27)19-13(24)11(15)7(2)20/h6-8,11,20,27H,3-5,15H2,1-2H3,(H,16,21)(H,17,23)(H,18,22)(H,19,24)(H,25,26)/t6-,7+,8-,11-/m0/s1. The summed E-state index contributed by atoms with van der Waals surface area (Å²) in [5.41, 5.74) is 5.45. The summed E-state index contributed by atoms with van der Waals surface area (Å²) in [7, 11) is 0. The predicted octanol–water partition coefficient (Wildman–Crippen LogP) is -4.07. The van der Waals surface area contributed by atoms with Crippen molar-refractivity contribution in [1.82, 2.24) is 21.3 Å². The van der Waals surface area contributed by atoms with Gasteiger partial charge in [-0.2, -0.15) is 12.6 Å². The number of amides is 4. The number of thiol groups is 1. The molecule has 8 N–H and O–H groups in total. The molecule has 27 heavy (non-hydrogen) atoms. The molecule has 0 radical (unpaired) electrons. The molecule has 12 nitrogen and oxygen atoms in total. The third kappa shape index (κ3) is 9.77. The van der Waals surface area contributed by atoms with Gasteiger partial charge in [-0.3, -0.25) is 24.0 Å². The molecular weight excluding hydrogens is 382 g/mol. The highest BCUT2D eigenvalue weighted by Gasteiger charge is 2.25. The molecule has 0 heterocycles. The lowest BCUT2D eigenvalue weighted by Gasteiger charge is -2.20. The molecule has 0 bridgehead atoms. The summed E-state index contributed by atoms with van der Waals surface area (Å²) in [5.74, 6) is -4.19. The SMILES string of the molecule is C[C@H](NC(=O)CNC(=O)CNC(=O)[C@H](CS)NC(=O)[C@@H](N)[C@@H](C)O)C(=O)O. The van der Waals surface area contributed by atoms with E-state index in [9.17, 15) is 29.1 Å². The van der Waals surface area contributed by atoms with Crippen LogP contribution in [-0.2, 0) is 24.0 Å². The fourth-order valence-corrected chi connectivity index (χ4v) is 1.82. The number of nitrogens with two attached hydrogens (primary N) is 1. The molecule has 13 heteroatoms. The lowest BCUT2D eigenvalue weighted by molar-refractivity contribution is -0.141. The van der Waals surface area contributed by atoms with Gasteiger partial charge in [-0.1, -0.05) is 0 Å². The van der Waals surface area contributed by atoms with Gasteiger partial charge in [0, 0.05) is 5.75 Å². The zero-order chi connectivity index (χ0) is 21.1. The minimum absolute atomic E-state index is 0.0821. The molecule has 0 aliphatic rings. The van der Waals surface area contributed by atoms with Gasteiger partial charge in [-0.15, -0.1) is 0 Å². The summed E-state index contributed by atoms with van der Waals surface area (Å²) in [5, 5.41) is 26.8. The summed E-state index contributed by atoms with van der Waals surface area (Å²) >= 11 is 3.93. The molecule has 0 aromatic heterocycles. The first-order valence-electron chi connectivity index (χ1n) is 7.91. The Morgan fingerprint density at radius 1 is 0.963 bits per heavy atom. The van der Waals surface area contributed by atoms with Crippen LogP contribution in [-0.4, -0.2) is 82.9 Å². The van der Waals surface area contributed by atoms with Gasteiger partial charge in [0.25, 0.3) is 0 Å². The summed E-state index contributed by atoms with van der Waals surface area (Å²) in [6.07, 6.45) is -1.12. The summed E-state index contributed by atoms with van der Waals surface area (Å²) in [6.45, 7) is 1.63. The van der Waals surface area contributed by atoms with Crippen LogP contribution in [0.5, 0.6) is 0 Å². The maximum atomic E-state index is 12.0. The minimum Gasteiger partial charge on any atom is -0.480 e. The van der Waals surface area contributed by atoms with E-state index in [4.69, 9.17) is 10.8 Å². The molecule has 4 atom stereocenters. The lowest BCUT2D eigenvalue weighted by Crippen LogP contribution is -2.55. The number of carboxylic acids is 1. The van der Waals surface area contributed by atoms with Crippen LogP contribution >= 0.6 is 12.6 Å². The molecule has 0 aromatic carbocycles. The van der Waals surface area contributed by atoms with E-state index in [-0.39, 0.29) is 5.75 Å². The van der Waals surface area contributed by atoms with Gasteiger partial charge in [-0.25, -0.2) is 0 Å². The van der Waals surface area contributed by atoms with E-state index in [0.29, 0.717) is 0 Å². The van der Waals surface area contributed by atoms with E-state index in [2.05, 4.69) is 33.9 Å². The number of aliphatic hydroxyl groups is 1. The van der Waals surface area contributed by atoms with Gasteiger partial charge in [0.1, 0.15) is 18.1 Å². The first kappa shape index (κ1) is 24.6. The summed E-state index contributed by atoms with van der Waals surface area (Å²) in [4.78, 5) is 57.3. The van der Waals surface area contributed by atoms with Crippen molar-refractivity contribution in [2.24, 2.45) is 5.73 Å². The van der Waals surface area contributed by atoms with Crippen LogP contribution in [0.2, 0.25) is 0 Å². The zero-order valence-corrected chi connectivity index (χ0v) is 15.8.